The van der Waals surface area contributed by atoms with Gasteiger partial charge in [0.1, 0.15) is 22.2 Å². The van der Waals surface area contributed by atoms with Crippen LogP contribution in [0.2, 0.25) is 0 Å². The van der Waals surface area contributed by atoms with Gasteiger partial charge in [0.05, 0.1) is 276 Å². The summed E-state index contributed by atoms with van der Waals surface area (Å²) in [6.07, 6.45) is -2.78. The van der Waals surface area contributed by atoms with Gasteiger partial charge in [-0.25, -0.2) is 0 Å². The van der Waals surface area contributed by atoms with Crippen molar-refractivity contribution in [2.24, 2.45) is 0 Å². The minimum Gasteiger partial charge on any atom is -0.466 e. The van der Waals surface area contributed by atoms with Gasteiger partial charge in [0.15, 0.2) is 0 Å². The molecular weight excluding hydrogens is 1560 g/mol. The Kier molecular flexibility index (Phi) is 60.6. The average molecular weight is 1680 g/mol. The largest absolute Gasteiger partial charge is 0.466 e. The second-order valence-corrected chi connectivity index (χ2v) is 26.2. The van der Waals surface area contributed by atoms with Crippen LogP contribution in [0.25, 0.3) is 0 Å². The number of hydrogen-bond acceptors (Lipinski definition) is 35. The Labute approximate surface area is 684 Å². The molecule has 0 spiro atoms. The first kappa shape index (κ1) is 106. The van der Waals surface area contributed by atoms with Gasteiger partial charge < -0.3 is 121 Å². The van der Waals surface area contributed by atoms with Gasteiger partial charge in [-0.1, -0.05) is 0 Å². The summed E-state index contributed by atoms with van der Waals surface area (Å²) >= 11 is 4.40. The summed E-state index contributed by atoms with van der Waals surface area (Å²) in [7, 11) is 0. The zero-order valence-corrected chi connectivity index (χ0v) is 69.9. The van der Waals surface area contributed by atoms with E-state index in [0.717, 1.165) is 0 Å². The SMILES string of the molecule is CCOC(=O)CCOCC(COCCC(=O)OCC)(COCCC(=O)OCC)NC(=O)CCOCC(COCCC(=O)NC(COCCC(=O)OCC)(COCCC(=O)OCC)COCCC(=O)OCC)(COCCC(=O)NC(COCCC(=O)OCC)(COCCC(=O)OCC)COCCC(=O)OCC)NC(=O)c1ccc(S)cc1. The lowest BCUT2D eigenvalue weighted by Gasteiger charge is -2.36. The average Bonchev–Trinajstić information content (AvgIpc) is 0.869. The molecule has 116 heavy (non-hydrogen) atoms. The smallest absolute Gasteiger partial charge is 0.308 e. The summed E-state index contributed by atoms with van der Waals surface area (Å²) in [5, 5.41) is 11.7. The van der Waals surface area contributed by atoms with Crippen LogP contribution in [0, 0.1) is 0 Å². The lowest BCUT2D eigenvalue weighted by atomic mass is 10.0. The third-order valence-electron chi connectivity index (χ3n) is 15.5. The van der Waals surface area contributed by atoms with Crippen LogP contribution in [0.4, 0.5) is 0 Å². The molecule has 4 amide bonds. The number of ether oxygens (including phenoxy) is 21. The van der Waals surface area contributed by atoms with Gasteiger partial charge in [-0.3, -0.25) is 62.3 Å². The van der Waals surface area contributed by atoms with E-state index in [-0.39, 0.29) is 242 Å². The first-order valence-corrected chi connectivity index (χ1v) is 39.6. The Bertz CT molecular complexity index is 2530. The van der Waals surface area contributed by atoms with Gasteiger partial charge in [-0.15, -0.1) is 12.6 Å². The van der Waals surface area contributed by atoms with E-state index in [9.17, 15) is 62.3 Å². The molecule has 0 saturated carbocycles. The standard InChI is InChI=1S/C77H126N4O34S/c1-10-107-64(85)26-38-98-47-74(48-99-39-27-65(86)108-11-2,49-100-40-28-66(87)109-12-3)78-61(82)23-35-95-56-77(81-73(94)59-19-21-60(116)22-20-59,57-96-36-24-62(83)79-75(50-101-41-29-67(88)110-13-4,51-102-42-30-68(89)111-14-5)52-103-43-31-69(90)112-15-6)58-97-37-25-63(84)80-76(53-104-44-32-70(91)113-16-7,54-105-45-33-71(92)114-17-8)55-106-46-34-72(93)115-18-9/h19-22,116H,10-18,23-58H2,1-9H3,(H,78,82)(H,79,83)(H,80,84)(H,81,94). The van der Waals surface area contributed by atoms with E-state index in [0.29, 0.717) is 4.90 Å². The summed E-state index contributed by atoms with van der Waals surface area (Å²) < 4.78 is 118. The molecule has 0 aliphatic rings. The van der Waals surface area contributed by atoms with Crippen LogP contribution in [-0.2, 0) is 157 Å². The lowest BCUT2D eigenvalue weighted by Crippen LogP contribution is -2.60. The van der Waals surface area contributed by atoms with Crippen molar-refractivity contribution in [2.45, 2.75) is 166 Å². The molecule has 39 heteroatoms. The number of carbonyl (C=O) groups is 13. The topological polar surface area (TPSA) is 464 Å². The Morgan fingerprint density at radius 3 is 0.534 bits per heavy atom. The molecule has 0 aliphatic carbocycles. The fourth-order valence-corrected chi connectivity index (χ4v) is 10.3. The number of benzene rings is 1. The van der Waals surface area contributed by atoms with E-state index in [1.54, 1.807) is 74.4 Å². The van der Waals surface area contributed by atoms with E-state index in [1.807, 2.05) is 0 Å². The highest BCUT2D eigenvalue weighted by Gasteiger charge is 2.39. The van der Waals surface area contributed by atoms with Crippen molar-refractivity contribution in [1.29, 1.82) is 0 Å². The molecule has 1 rings (SSSR count). The van der Waals surface area contributed by atoms with Crippen molar-refractivity contribution < 1.29 is 162 Å². The van der Waals surface area contributed by atoms with E-state index >= 15 is 0 Å². The molecule has 0 saturated heterocycles. The molecule has 0 radical (unpaired) electrons. The molecule has 4 N–H and O–H groups in total. The van der Waals surface area contributed by atoms with Gasteiger partial charge in [0.2, 0.25) is 17.7 Å². The highest BCUT2D eigenvalue weighted by Crippen LogP contribution is 2.19. The summed E-state index contributed by atoms with van der Waals surface area (Å²) in [6, 6.07) is 6.10. The van der Waals surface area contributed by atoms with Crippen molar-refractivity contribution in [3.8, 4) is 0 Å². The third-order valence-corrected chi connectivity index (χ3v) is 15.8. The molecule has 1 aromatic carbocycles. The van der Waals surface area contributed by atoms with Gasteiger partial charge in [-0.2, -0.15) is 0 Å². The Balaban J connectivity index is 4.12. The number of carbonyl (C=O) groups excluding carboxylic acids is 13. The summed E-state index contributed by atoms with van der Waals surface area (Å²) in [5.41, 5.74) is -6.38. The minimum absolute atomic E-state index is 0.111. The predicted octanol–water partition coefficient (Wildman–Crippen LogP) is 2.96. The fraction of sp³-hybridized carbons (Fsp3) is 0.753. The van der Waals surface area contributed by atoms with Crippen LogP contribution in [0.3, 0.4) is 0 Å². The van der Waals surface area contributed by atoms with Crippen LogP contribution in [-0.4, -0.2) is 318 Å². The quantitative estimate of drug-likeness (QED) is 0.0271. The van der Waals surface area contributed by atoms with Crippen LogP contribution < -0.4 is 21.3 Å². The molecule has 0 aliphatic heterocycles. The predicted molar refractivity (Wildman–Crippen MR) is 411 cm³/mol. The molecular formula is C77H126N4O34S. The molecule has 0 heterocycles. The zero-order valence-electron chi connectivity index (χ0n) is 69.0. The van der Waals surface area contributed by atoms with E-state index in [1.165, 1.54) is 12.1 Å². The molecule has 0 aromatic heterocycles. The fourth-order valence-electron chi connectivity index (χ4n) is 10.1. The number of amides is 4. The van der Waals surface area contributed by atoms with Gasteiger partial charge in [-0.05, 0) is 86.6 Å². The second-order valence-electron chi connectivity index (χ2n) is 25.6. The van der Waals surface area contributed by atoms with Crippen molar-refractivity contribution in [3.63, 3.8) is 0 Å². The normalized spacial score (nSPS) is 11.5. The molecule has 0 fully saturated rings. The van der Waals surface area contributed by atoms with Gasteiger partial charge in [0.25, 0.3) is 5.91 Å². The zero-order chi connectivity index (χ0) is 86.0. The van der Waals surface area contributed by atoms with Gasteiger partial charge >= 0.3 is 53.7 Å². The van der Waals surface area contributed by atoms with Crippen molar-refractivity contribution in [1.82, 2.24) is 21.3 Å². The van der Waals surface area contributed by atoms with Crippen LogP contribution in [0.15, 0.2) is 29.2 Å². The molecule has 664 valence electrons. The maximum Gasteiger partial charge on any atom is 0.308 e. The Morgan fingerprint density at radius 1 is 0.233 bits per heavy atom. The van der Waals surface area contributed by atoms with Crippen LogP contribution >= 0.6 is 12.6 Å². The first-order valence-electron chi connectivity index (χ1n) is 39.2. The Hall–Kier alpha value is -7.80. The van der Waals surface area contributed by atoms with Crippen molar-refractivity contribution >= 4 is 90.0 Å². The lowest BCUT2D eigenvalue weighted by molar-refractivity contribution is -0.147. The highest BCUT2D eigenvalue weighted by atomic mass is 32.1. The van der Waals surface area contributed by atoms with Crippen LogP contribution in [0.5, 0.6) is 0 Å². The van der Waals surface area contributed by atoms with E-state index < -0.39 is 158 Å². The van der Waals surface area contributed by atoms with E-state index in [2.05, 4.69) is 33.9 Å². The Morgan fingerprint density at radius 2 is 0.379 bits per heavy atom. The maximum atomic E-state index is 14.6. The first-order chi connectivity index (χ1) is 55.8. The molecule has 38 nitrogen and oxygen atoms in total. The molecule has 0 atom stereocenters. The number of thiol groups is 1. The minimum atomic E-state index is -1.80. The van der Waals surface area contributed by atoms with Gasteiger partial charge in [0, 0.05) is 29.7 Å². The van der Waals surface area contributed by atoms with Crippen molar-refractivity contribution in [3.05, 3.63) is 29.8 Å². The number of rotatable bonds is 74. The number of esters is 9. The summed E-state index contributed by atoms with van der Waals surface area (Å²) in [5.74, 6) is -7.78. The highest BCUT2D eigenvalue weighted by molar-refractivity contribution is 7.80. The maximum absolute atomic E-state index is 14.6. The van der Waals surface area contributed by atoms with Crippen molar-refractivity contribution in [2.75, 3.05) is 218 Å². The molecule has 0 unspecified atom stereocenters. The second kappa shape index (κ2) is 66.1. The summed E-state index contributed by atoms with van der Waals surface area (Å²) in [6.45, 7) is 8.37. The third kappa shape index (κ3) is 52.8. The molecule has 1 aromatic rings. The number of nitrogens with one attached hydrogen (secondary N) is 4. The monoisotopic (exact) mass is 1680 g/mol. The number of hydrogen-bond donors (Lipinski definition) is 5. The molecule has 0 bridgehead atoms. The van der Waals surface area contributed by atoms with Crippen LogP contribution in [0.1, 0.15) is 150 Å². The van der Waals surface area contributed by atoms with E-state index in [4.69, 9.17) is 99.5 Å². The summed E-state index contributed by atoms with van der Waals surface area (Å²) in [4.78, 5) is 170.